The van der Waals surface area contributed by atoms with E-state index in [-0.39, 0.29) is 19.1 Å². The summed E-state index contributed by atoms with van der Waals surface area (Å²) in [4.78, 5) is 13.6. The van der Waals surface area contributed by atoms with E-state index in [0.29, 0.717) is 11.5 Å². The number of fused-ring (bicyclic) bond motifs is 1. The number of nitrogens with one attached hydrogen (secondary N) is 1. The lowest BCUT2D eigenvalue weighted by atomic mass is 10.0. The van der Waals surface area contributed by atoms with E-state index in [4.69, 9.17) is 4.74 Å². The van der Waals surface area contributed by atoms with E-state index in [9.17, 15) is 15.0 Å². The third-order valence-electron chi connectivity index (χ3n) is 4.36. The van der Waals surface area contributed by atoms with Gasteiger partial charge < -0.3 is 20.3 Å². The van der Waals surface area contributed by atoms with Crippen molar-refractivity contribution in [2.24, 2.45) is 5.92 Å². The van der Waals surface area contributed by atoms with Crippen molar-refractivity contribution < 1.29 is 19.7 Å². The van der Waals surface area contributed by atoms with Crippen LogP contribution < -0.4 is 10.1 Å². The predicted octanol–water partition coefficient (Wildman–Crippen LogP) is 2.47. The van der Waals surface area contributed by atoms with Gasteiger partial charge in [-0.15, -0.1) is 11.3 Å². The summed E-state index contributed by atoms with van der Waals surface area (Å²) in [5, 5.41) is 22.4. The number of benzene rings is 1. The smallest absolute Gasteiger partial charge is 0.253 e. The number of ether oxygens (including phenoxy) is 1. The number of carbonyl (C=O) groups excluding carboxylic acids is 1. The Hall–Kier alpha value is -1.63. The summed E-state index contributed by atoms with van der Waals surface area (Å²) in [6, 6.07) is 5.82. The molecule has 0 atom stereocenters. The van der Waals surface area contributed by atoms with E-state index < -0.39 is 5.54 Å². The maximum absolute atomic E-state index is 12.7. The maximum Gasteiger partial charge on any atom is 0.253 e. The lowest BCUT2D eigenvalue weighted by molar-refractivity contribution is 0.0725. The summed E-state index contributed by atoms with van der Waals surface area (Å²) in [6.45, 7) is 3.58. The largest absolute Gasteiger partial charge is 0.493 e. The second-order valence-corrected chi connectivity index (χ2v) is 8.03. The van der Waals surface area contributed by atoms with Crippen molar-refractivity contribution in [1.29, 1.82) is 0 Å². The molecule has 24 heavy (non-hydrogen) atoms. The third kappa shape index (κ3) is 3.55. The molecule has 2 aromatic rings. The van der Waals surface area contributed by atoms with E-state index in [1.54, 1.807) is 18.3 Å². The van der Waals surface area contributed by atoms with Gasteiger partial charge in [-0.25, -0.2) is 0 Å². The predicted molar refractivity (Wildman–Crippen MR) is 94.8 cm³/mol. The zero-order chi connectivity index (χ0) is 17.3. The molecule has 5 nitrogen and oxygen atoms in total. The van der Waals surface area contributed by atoms with Gasteiger partial charge in [-0.05, 0) is 50.8 Å². The number of carbonyl (C=O) groups is 1. The Bertz CT molecular complexity index is 747. The highest BCUT2D eigenvalue weighted by Gasteiger charge is 2.27. The lowest BCUT2D eigenvalue weighted by Crippen LogP contribution is -2.51. The number of aliphatic hydroxyl groups is 2. The average molecular weight is 349 g/mol. The highest BCUT2D eigenvalue weighted by atomic mass is 32.1. The van der Waals surface area contributed by atoms with Crippen molar-refractivity contribution in [2.45, 2.75) is 32.2 Å². The Morgan fingerprint density at radius 2 is 2.08 bits per heavy atom. The standard InChI is InChI=1S/C18H23NO4S/c1-11-16(17(22)19-18(2,9-20)10-21)14-7-13(5-6-15(14)24-11)23-8-12-3-4-12/h5-7,12,20-21H,3-4,8-10H2,1-2H3,(H,19,22). The first-order valence-electron chi connectivity index (χ1n) is 8.16. The first-order chi connectivity index (χ1) is 11.5. The Morgan fingerprint density at radius 3 is 2.71 bits per heavy atom. The molecule has 1 fully saturated rings. The van der Waals surface area contributed by atoms with Gasteiger partial charge in [0.2, 0.25) is 0 Å². The topological polar surface area (TPSA) is 78.8 Å². The fraction of sp³-hybridized carbons (Fsp3) is 0.500. The van der Waals surface area contributed by atoms with E-state index in [1.807, 2.05) is 25.1 Å². The van der Waals surface area contributed by atoms with Gasteiger partial charge in [0.15, 0.2) is 0 Å². The minimum atomic E-state index is -1.04. The van der Waals surface area contributed by atoms with E-state index in [0.717, 1.165) is 27.3 Å². The number of amides is 1. The molecule has 130 valence electrons. The quantitative estimate of drug-likeness (QED) is 0.717. The number of rotatable bonds is 7. The van der Waals surface area contributed by atoms with Crippen LogP contribution in [0.5, 0.6) is 5.75 Å². The van der Waals surface area contributed by atoms with Gasteiger partial charge in [0.05, 0.1) is 30.9 Å². The Labute approximate surface area is 145 Å². The van der Waals surface area contributed by atoms with Crippen LogP contribution in [0.1, 0.15) is 35.0 Å². The maximum atomic E-state index is 12.7. The van der Waals surface area contributed by atoms with Gasteiger partial charge >= 0.3 is 0 Å². The first-order valence-corrected chi connectivity index (χ1v) is 8.97. The van der Waals surface area contributed by atoms with Crippen molar-refractivity contribution >= 4 is 27.3 Å². The summed E-state index contributed by atoms with van der Waals surface area (Å²) in [5.74, 6) is 1.15. The van der Waals surface area contributed by atoms with Gasteiger partial charge in [-0.3, -0.25) is 4.79 Å². The third-order valence-corrected chi connectivity index (χ3v) is 5.44. The van der Waals surface area contributed by atoms with Crippen LogP contribution in [-0.2, 0) is 0 Å². The molecule has 1 heterocycles. The molecule has 1 amide bonds. The number of aliphatic hydroxyl groups excluding tert-OH is 2. The Morgan fingerprint density at radius 1 is 1.38 bits per heavy atom. The van der Waals surface area contributed by atoms with Gasteiger partial charge in [-0.2, -0.15) is 0 Å². The van der Waals surface area contributed by atoms with Crippen LogP contribution in [-0.4, -0.2) is 41.5 Å². The number of aryl methyl sites for hydroxylation is 1. The van der Waals surface area contributed by atoms with E-state index >= 15 is 0 Å². The zero-order valence-corrected chi connectivity index (χ0v) is 14.8. The second kappa shape index (κ2) is 6.70. The lowest BCUT2D eigenvalue weighted by Gasteiger charge is -2.26. The van der Waals surface area contributed by atoms with E-state index in [1.165, 1.54) is 12.8 Å². The molecule has 0 unspecified atom stereocenters. The minimum Gasteiger partial charge on any atom is -0.493 e. The van der Waals surface area contributed by atoms with Gasteiger partial charge in [0, 0.05) is 15.0 Å². The zero-order valence-electron chi connectivity index (χ0n) is 14.0. The molecule has 1 aliphatic rings. The molecule has 1 aromatic heterocycles. The molecule has 6 heteroatoms. The molecule has 0 saturated heterocycles. The fourth-order valence-electron chi connectivity index (χ4n) is 2.54. The van der Waals surface area contributed by atoms with Crippen molar-refractivity contribution in [3.8, 4) is 5.75 Å². The SMILES string of the molecule is Cc1sc2ccc(OCC3CC3)cc2c1C(=O)NC(C)(CO)CO. The van der Waals surface area contributed by atoms with Crippen molar-refractivity contribution in [3.05, 3.63) is 28.6 Å². The van der Waals surface area contributed by atoms with Crippen LogP contribution in [0, 0.1) is 12.8 Å². The summed E-state index contributed by atoms with van der Waals surface area (Å²) in [5.41, 5.74) is -0.460. The van der Waals surface area contributed by atoms with Crippen molar-refractivity contribution in [3.63, 3.8) is 0 Å². The normalized spacial score (nSPS) is 14.8. The number of thiophene rings is 1. The van der Waals surface area contributed by atoms with Gasteiger partial charge in [-0.1, -0.05) is 0 Å². The van der Waals surface area contributed by atoms with Crippen LogP contribution >= 0.6 is 11.3 Å². The summed E-state index contributed by atoms with van der Waals surface area (Å²) in [7, 11) is 0. The highest BCUT2D eigenvalue weighted by Crippen LogP contribution is 2.35. The monoisotopic (exact) mass is 349 g/mol. The molecule has 3 rings (SSSR count). The molecular weight excluding hydrogens is 326 g/mol. The Balaban J connectivity index is 1.88. The van der Waals surface area contributed by atoms with Crippen LogP contribution in [0.3, 0.4) is 0 Å². The first kappa shape index (κ1) is 17.2. The molecule has 1 aliphatic carbocycles. The summed E-state index contributed by atoms with van der Waals surface area (Å²) in [6.07, 6.45) is 2.46. The van der Waals surface area contributed by atoms with Crippen molar-refractivity contribution in [1.82, 2.24) is 5.32 Å². The molecule has 0 aliphatic heterocycles. The number of hydrogen-bond donors (Lipinski definition) is 3. The van der Waals surface area contributed by atoms with Crippen LogP contribution in [0.25, 0.3) is 10.1 Å². The molecule has 0 spiro atoms. The van der Waals surface area contributed by atoms with Gasteiger partial charge in [0.1, 0.15) is 5.75 Å². The van der Waals surface area contributed by atoms with Crippen molar-refractivity contribution in [2.75, 3.05) is 19.8 Å². The van der Waals surface area contributed by atoms with Crippen LogP contribution in [0.4, 0.5) is 0 Å². The highest BCUT2D eigenvalue weighted by molar-refractivity contribution is 7.19. The van der Waals surface area contributed by atoms with E-state index in [2.05, 4.69) is 5.32 Å². The second-order valence-electron chi connectivity index (χ2n) is 6.78. The summed E-state index contributed by atoms with van der Waals surface area (Å²) >= 11 is 1.55. The van der Waals surface area contributed by atoms with Crippen LogP contribution in [0.2, 0.25) is 0 Å². The Kier molecular flexibility index (Phi) is 4.80. The molecule has 1 aromatic carbocycles. The molecule has 0 radical (unpaired) electrons. The average Bonchev–Trinajstić information content (AvgIpc) is 3.33. The molecule has 0 bridgehead atoms. The van der Waals surface area contributed by atoms with Gasteiger partial charge in [0.25, 0.3) is 5.91 Å². The number of hydrogen-bond acceptors (Lipinski definition) is 5. The molecular formula is C18H23NO4S. The molecule has 3 N–H and O–H groups in total. The fourth-order valence-corrected chi connectivity index (χ4v) is 3.58. The minimum absolute atomic E-state index is 0.288. The molecule has 1 saturated carbocycles. The summed E-state index contributed by atoms with van der Waals surface area (Å²) < 4.78 is 6.84. The van der Waals surface area contributed by atoms with Crippen LogP contribution in [0.15, 0.2) is 18.2 Å².